The van der Waals surface area contributed by atoms with E-state index in [1.807, 2.05) is 19.1 Å². The van der Waals surface area contributed by atoms with Gasteiger partial charge in [-0.3, -0.25) is 10.2 Å². The number of carbonyl (C=O) groups excluding carboxylic acids is 2. The van der Waals surface area contributed by atoms with Crippen LogP contribution in [0, 0.1) is 6.92 Å². The number of benzene rings is 2. The van der Waals surface area contributed by atoms with E-state index in [9.17, 15) is 19.5 Å². The summed E-state index contributed by atoms with van der Waals surface area (Å²) >= 11 is 7.15. The molecule has 1 heterocycles. The minimum atomic E-state index is -1.59. The van der Waals surface area contributed by atoms with Crippen molar-refractivity contribution >= 4 is 51.9 Å². The number of ether oxygens (including phenoxy) is 1. The first-order valence-corrected chi connectivity index (χ1v) is 11.7. The number of carboxylic acid groups (broad SMARTS) is 1. The number of halogens is 1. The number of aromatic nitrogens is 1. The van der Waals surface area contributed by atoms with E-state index in [1.54, 1.807) is 64.2 Å². The maximum Gasteiger partial charge on any atom is 0.439 e. The maximum absolute atomic E-state index is 13.5. The van der Waals surface area contributed by atoms with Gasteiger partial charge >= 0.3 is 12.2 Å². The van der Waals surface area contributed by atoms with Crippen LogP contribution >= 0.6 is 22.9 Å². The zero-order chi connectivity index (χ0) is 25.9. The molecule has 0 saturated heterocycles. The van der Waals surface area contributed by atoms with Crippen molar-refractivity contribution in [3.63, 3.8) is 0 Å². The summed E-state index contributed by atoms with van der Waals surface area (Å²) in [6.45, 7) is 6.71. The Morgan fingerprint density at radius 2 is 1.77 bits per heavy atom. The Bertz CT molecular complexity index is 1260. The zero-order valence-corrected chi connectivity index (χ0v) is 21.4. The van der Waals surface area contributed by atoms with Crippen LogP contribution in [0.5, 0.6) is 0 Å². The van der Waals surface area contributed by atoms with Crippen LogP contribution in [0.1, 0.15) is 36.0 Å². The molecule has 0 aliphatic rings. The minimum absolute atomic E-state index is 0.0239. The van der Waals surface area contributed by atoms with Crippen LogP contribution in [0.4, 0.5) is 20.4 Å². The molecule has 2 N–H and O–H groups in total. The Hall–Kier alpha value is -3.63. The lowest BCUT2D eigenvalue weighted by molar-refractivity contribution is 0.0312. The van der Waals surface area contributed by atoms with Gasteiger partial charge in [-0.05, 0) is 45.4 Å². The third kappa shape index (κ3) is 6.28. The summed E-state index contributed by atoms with van der Waals surface area (Å²) in [6, 6.07) is 14.2. The normalized spacial score (nSPS) is 11.0. The predicted octanol–water partition coefficient (Wildman–Crippen LogP) is 6.29. The maximum atomic E-state index is 13.5. The smallest absolute Gasteiger partial charge is 0.439 e. The van der Waals surface area contributed by atoms with E-state index in [2.05, 4.69) is 10.4 Å². The number of hydrogen-bond acceptors (Lipinski definition) is 7. The first-order valence-electron chi connectivity index (χ1n) is 10.5. The van der Waals surface area contributed by atoms with Crippen molar-refractivity contribution in [1.29, 1.82) is 0 Å². The number of imide groups is 1. The van der Waals surface area contributed by atoms with Crippen molar-refractivity contribution in [2.24, 2.45) is 0 Å². The third-order valence-electron chi connectivity index (χ3n) is 4.69. The lowest BCUT2D eigenvalue weighted by Crippen LogP contribution is -2.43. The number of carbonyl (C=O) groups is 3. The second-order valence-electron chi connectivity index (χ2n) is 8.57. The molecule has 0 spiro atoms. The molecule has 0 bridgehead atoms. The van der Waals surface area contributed by atoms with Crippen LogP contribution in [-0.2, 0) is 4.74 Å². The van der Waals surface area contributed by atoms with Crippen LogP contribution in [0.25, 0.3) is 11.3 Å². The van der Waals surface area contributed by atoms with Gasteiger partial charge in [-0.15, -0.1) is 5.01 Å². The van der Waals surface area contributed by atoms with E-state index < -0.39 is 17.8 Å². The van der Waals surface area contributed by atoms with Crippen molar-refractivity contribution in [2.45, 2.75) is 33.3 Å². The average Bonchev–Trinajstić information content (AvgIpc) is 3.21. The molecule has 0 unspecified atom stereocenters. The van der Waals surface area contributed by atoms with Gasteiger partial charge in [-0.2, -0.15) is 0 Å². The number of hydrazine groups is 1. The Morgan fingerprint density at radius 1 is 1.11 bits per heavy atom. The van der Waals surface area contributed by atoms with Crippen LogP contribution in [-0.4, -0.2) is 45.8 Å². The lowest BCUT2D eigenvalue weighted by Gasteiger charge is -2.24. The fourth-order valence-electron chi connectivity index (χ4n) is 2.94. The number of aryl methyl sites for hydroxylation is 1. The van der Waals surface area contributed by atoms with Gasteiger partial charge in [-0.1, -0.05) is 59.3 Å². The second kappa shape index (κ2) is 10.3. The highest BCUT2D eigenvalue weighted by Crippen LogP contribution is 2.34. The molecule has 2 aromatic carbocycles. The fraction of sp³-hybridized carbons (Fsp3) is 0.250. The Labute approximate surface area is 211 Å². The van der Waals surface area contributed by atoms with Gasteiger partial charge in [0.25, 0.3) is 5.91 Å². The monoisotopic (exact) mass is 516 g/mol. The first-order chi connectivity index (χ1) is 16.4. The molecule has 3 amide bonds. The topological polar surface area (TPSA) is 112 Å². The van der Waals surface area contributed by atoms with Gasteiger partial charge in [0.05, 0.1) is 5.69 Å². The Balaban J connectivity index is 2.00. The molecule has 3 aromatic rings. The Morgan fingerprint density at radius 3 is 2.34 bits per heavy atom. The van der Waals surface area contributed by atoms with Crippen LogP contribution < -0.4 is 10.3 Å². The number of anilines is 2. The van der Waals surface area contributed by atoms with Crippen molar-refractivity contribution < 1.29 is 24.2 Å². The summed E-state index contributed by atoms with van der Waals surface area (Å²) in [4.78, 5) is 43.7. The van der Waals surface area contributed by atoms with Gasteiger partial charge in [0.15, 0.2) is 0 Å². The molecular formula is C24H25ClN4O5S. The SMILES string of the molecule is Cc1ccc(N(C)C(=O)c2sc(NN(C(=O)O)C(=O)OC(C)(C)C)nc2-c2ccccc2)cc1Cl. The first kappa shape index (κ1) is 26.0. The van der Waals surface area contributed by atoms with E-state index in [0.717, 1.165) is 16.9 Å². The summed E-state index contributed by atoms with van der Waals surface area (Å²) in [5.74, 6) is -0.381. The fourth-order valence-corrected chi connectivity index (χ4v) is 4.07. The number of rotatable bonds is 5. The number of thiazole rings is 1. The van der Waals surface area contributed by atoms with Gasteiger partial charge < -0.3 is 14.7 Å². The third-order valence-corrected chi connectivity index (χ3v) is 6.05. The summed E-state index contributed by atoms with van der Waals surface area (Å²) in [5.41, 5.74) is 3.98. The molecule has 1 aromatic heterocycles. The predicted molar refractivity (Wildman–Crippen MR) is 136 cm³/mol. The van der Waals surface area contributed by atoms with E-state index >= 15 is 0 Å². The molecule has 0 atom stereocenters. The number of amides is 3. The average molecular weight is 517 g/mol. The molecule has 11 heteroatoms. The molecule has 0 saturated carbocycles. The molecule has 0 fully saturated rings. The van der Waals surface area contributed by atoms with Gasteiger partial charge in [0.2, 0.25) is 5.13 Å². The highest BCUT2D eigenvalue weighted by Gasteiger charge is 2.30. The van der Waals surface area contributed by atoms with Gasteiger partial charge in [0, 0.05) is 23.3 Å². The second-order valence-corrected chi connectivity index (χ2v) is 9.98. The number of nitrogens with zero attached hydrogens (tertiary/aromatic N) is 3. The van der Waals surface area contributed by atoms with Gasteiger partial charge in [-0.25, -0.2) is 14.6 Å². The molecule has 0 aliphatic heterocycles. The van der Waals surface area contributed by atoms with Gasteiger partial charge in [0.1, 0.15) is 10.5 Å². The van der Waals surface area contributed by atoms with E-state index in [-0.39, 0.29) is 20.9 Å². The Kier molecular flexibility index (Phi) is 7.67. The van der Waals surface area contributed by atoms with Crippen molar-refractivity contribution in [1.82, 2.24) is 9.99 Å². The van der Waals surface area contributed by atoms with E-state index in [0.29, 0.717) is 22.0 Å². The van der Waals surface area contributed by atoms with Crippen molar-refractivity contribution in [3.8, 4) is 11.3 Å². The minimum Gasteiger partial charge on any atom is -0.463 e. The molecule has 35 heavy (non-hydrogen) atoms. The zero-order valence-electron chi connectivity index (χ0n) is 19.8. The number of nitrogens with one attached hydrogen (secondary N) is 1. The van der Waals surface area contributed by atoms with Crippen LogP contribution in [0.2, 0.25) is 5.02 Å². The summed E-state index contributed by atoms with van der Waals surface area (Å²) in [7, 11) is 1.61. The van der Waals surface area contributed by atoms with E-state index in [4.69, 9.17) is 16.3 Å². The molecule has 9 nitrogen and oxygen atoms in total. The van der Waals surface area contributed by atoms with Crippen molar-refractivity contribution in [3.05, 3.63) is 64.0 Å². The lowest BCUT2D eigenvalue weighted by atomic mass is 10.1. The highest BCUT2D eigenvalue weighted by atomic mass is 35.5. The standard InChI is InChI=1S/C24H25ClN4O5S/c1-14-11-12-16(13-17(14)25)28(5)20(30)19-18(15-9-7-6-8-10-15)26-21(35-19)27-29(22(31)32)23(33)34-24(2,3)4/h6-13H,1-5H3,(H,26,27)(H,31,32). The number of hydrogen-bond donors (Lipinski definition) is 2. The molecule has 3 rings (SSSR count). The summed E-state index contributed by atoms with van der Waals surface area (Å²) in [5, 5.41) is 10.4. The summed E-state index contributed by atoms with van der Waals surface area (Å²) < 4.78 is 5.15. The van der Waals surface area contributed by atoms with E-state index in [1.165, 1.54) is 4.90 Å². The quantitative estimate of drug-likeness (QED) is 0.383. The molecular weight excluding hydrogens is 492 g/mol. The summed E-state index contributed by atoms with van der Waals surface area (Å²) in [6.07, 6.45) is -2.71. The molecule has 0 aliphatic carbocycles. The molecule has 184 valence electrons. The van der Waals surface area contributed by atoms with Crippen LogP contribution in [0.15, 0.2) is 48.5 Å². The molecule has 0 radical (unpaired) electrons. The van der Waals surface area contributed by atoms with Crippen LogP contribution in [0.3, 0.4) is 0 Å². The van der Waals surface area contributed by atoms with Crippen molar-refractivity contribution in [2.75, 3.05) is 17.4 Å². The highest BCUT2D eigenvalue weighted by molar-refractivity contribution is 7.18. The largest absolute Gasteiger partial charge is 0.463 e.